The van der Waals surface area contributed by atoms with Crippen molar-refractivity contribution >= 4 is 168 Å². The van der Waals surface area contributed by atoms with Crippen LogP contribution in [0.15, 0.2) is 114 Å². The lowest BCUT2D eigenvalue weighted by molar-refractivity contribution is 0.675. The van der Waals surface area contributed by atoms with Gasteiger partial charge in [0.25, 0.3) is 0 Å². The van der Waals surface area contributed by atoms with Crippen molar-refractivity contribution in [2.45, 2.75) is 0 Å². The molecule has 15 heteroatoms. The molecule has 0 radical (unpaired) electrons. The molecule has 0 bridgehead atoms. The molecule has 0 aliphatic rings. The summed E-state index contributed by atoms with van der Waals surface area (Å²) in [5, 5.41) is 2.30. The summed E-state index contributed by atoms with van der Waals surface area (Å²) in [4.78, 5) is 15.9. The Morgan fingerprint density at radius 2 is 0.650 bits per heavy atom. The molecule has 60 heavy (non-hydrogen) atoms. The Kier molecular flexibility index (Phi) is 10.1. The number of nitrogens with zero attached hydrogens (tertiary/aromatic N) is 3. The summed E-state index contributed by atoms with van der Waals surface area (Å²) in [6.45, 7) is 0. The Bertz CT molecular complexity index is 3180. The van der Waals surface area contributed by atoms with E-state index in [0.717, 1.165) is 66.3 Å². The van der Waals surface area contributed by atoms with Crippen molar-refractivity contribution in [2.75, 3.05) is 0 Å². The van der Waals surface area contributed by atoms with Gasteiger partial charge in [0.05, 0.1) is 0 Å². The summed E-state index contributed by atoms with van der Waals surface area (Å²) in [7, 11) is 24.7. The van der Waals surface area contributed by atoms with Crippen LogP contribution in [0.25, 0.3) is 89.5 Å². The van der Waals surface area contributed by atoms with E-state index in [1.165, 1.54) is 65.8 Å². The van der Waals surface area contributed by atoms with Gasteiger partial charge in [-0.1, -0.05) is 147 Å². The van der Waals surface area contributed by atoms with E-state index in [1.54, 1.807) is 0 Å². The molecule has 0 aliphatic carbocycles. The minimum absolute atomic E-state index is 0.634. The van der Waals surface area contributed by atoms with Crippen molar-refractivity contribution in [3.63, 3.8) is 0 Å². The van der Waals surface area contributed by atoms with Crippen LogP contribution in [-0.4, -0.2) is 101 Å². The predicted octanol–water partition coefficient (Wildman–Crippen LogP) is -7.38. The molecule has 0 saturated heterocycles. The lowest BCUT2D eigenvalue weighted by Crippen LogP contribution is -2.56. The average molecular weight is 758 g/mol. The highest BCUT2D eigenvalue weighted by molar-refractivity contribution is 6.71. The third-order valence-corrected chi connectivity index (χ3v) is 13.6. The first-order chi connectivity index (χ1) is 28.8. The molecular weight excluding hydrogens is 717 g/mol. The number of aromatic nitrogens is 3. The van der Waals surface area contributed by atoms with Gasteiger partial charge in [-0.05, 0) is 39.4 Å². The van der Waals surface area contributed by atoms with Crippen LogP contribution in [0.4, 0.5) is 0 Å². The van der Waals surface area contributed by atoms with Gasteiger partial charge in [-0.25, -0.2) is 15.0 Å². The quantitative estimate of drug-likeness (QED) is 0.159. The van der Waals surface area contributed by atoms with Crippen LogP contribution in [0, 0.1) is 0 Å². The Morgan fingerprint density at radius 3 is 1.22 bits per heavy atom. The van der Waals surface area contributed by atoms with E-state index in [-0.39, 0.29) is 0 Å². The zero-order chi connectivity index (χ0) is 42.1. The molecule has 4 nitrogen and oxygen atoms in total. The van der Waals surface area contributed by atoms with Crippen molar-refractivity contribution in [2.24, 2.45) is 0 Å². The van der Waals surface area contributed by atoms with E-state index in [1.807, 2.05) is 12.1 Å². The van der Waals surface area contributed by atoms with Gasteiger partial charge >= 0.3 is 0 Å². The van der Waals surface area contributed by atoms with Crippen LogP contribution in [0.5, 0.6) is 0 Å². The molecule has 0 amide bonds. The molecule has 274 valence electrons. The van der Waals surface area contributed by atoms with Crippen molar-refractivity contribution in [1.82, 2.24) is 15.0 Å². The van der Waals surface area contributed by atoms with E-state index in [2.05, 4.69) is 183 Å². The maximum Gasteiger partial charge on any atom is 0.164 e. The predicted molar refractivity (Wildman–Crippen MR) is 290 cm³/mol. The summed E-state index contributed by atoms with van der Waals surface area (Å²) in [6, 6.07) is 38.0. The summed E-state index contributed by atoms with van der Waals surface area (Å²) in [5.74, 6) is 1.92. The molecule has 7 aromatic carbocycles. The Hall–Kier alpha value is -5.94. The van der Waals surface area contributed by atoms with Crippen LogP contribution in [-0.2, 0) is 0 Å². The fraction of sp³-hybridized carbons (Fsp3) is 0. The Balaban J connectivity index is 1.31. The second-order valence-electron chi connectivity index (χ2n) is 16.7. The van der Waals surface area contributed by atoms with Crippen LogP contribution >= 0.6 is 0 Å². The number of furan rings is 1. The standard InChI is InChI=1S/C45H40B11N3O/c46-30-25(26-32(48)36(52)38(54)37(53)33(26)49)34(50)39(55)41-27(30)28-31(47)29(35(51)40(56)42(28)60-41)45-58-43(22-16-14-21(15-17-22)19-8-3-1-4-9-19)57-44(59-45)24-13-7-12-23(18-24)20-10-5-2-6-11-20/h1-18H,46-56H2. The fourth-order valence-electron chi connectivity index (χ4n) is 9.45. The van der Waals surface area contributed by atoms with E-state index in [9.17, 15) is 0 Å². The minimum atomic E-state index is 0.634. The number of hydrogen-bond acceptors (Lipinski definition) is 4. The highest BCUT2D eigenvalue weighted by atomic mass is 16.3. The number of hydrogen-bond donors (Lipinski definition) is 0. The Morgan fingerprint density at radius 1 is 0.283 bits per heavy atom. The van der Waals surface area contributed by atoms with Gasteiger partial charge in [0, 0.05) is 27.5 Å². The Labute approximate surface area is 362 Å². The number of benzene rings is 7. The van der Waals surface area contributed by atoms with E-state index < -0.39 is 0 Å². The molecule has 0 N–H and O–H groups in total. The van der Waals surface area contributed by atoms with Gasteiger partial charge in [-0.15, -0.1) is 16.4 Å². The van der Waals surface area contributed by atoms with Crippen LogP contribution in [0.3, 0.4) is 0 Å². The van der Waals surface area contributed by atoms with Gasteiger partial charge in [-0.3, -0.25) is 0 Å². The van der Waals surface area contributed by atoms with Crippen molar-refractivity contribution in [3.8, 4) is 67.5 Å². The molecule has 0 saturated carbocycles. The monoisotopic (exact) mass is 759 g/mol. The van der Waals surface area contributed by atoms with E-state index >= 15 is 0 Å². The van der Waals surface area contributed by atoms with Gasteiger partial charge in [0.1, 0.15) is 97.5 Å². The normalized spacial score (nSPS) is 11.4. The zero-order valence-corrected chi connectivity index (χ0v) is 36.6. The van der Waals surface area contributed by atoms with Gasteiger partial charge in [-0.2, -0.15) is 0 Å². The molecule has 9 rings (SSSR count). The van der Waals surface area contributed by atoms with E-state index in [4.69, 9.17) is 19.4 Å². The largest absolute Gasteiger partial charge is 0.457 e. The summed E-state index contributed by atoms with van der Waals surface area (Å²) >= 11 is 0. The lowest BCUT2D eigenvalue weighted by atomic mass is 9.57. The second-order valence-corrected chi connectivity index (χ2v) is 16.7. The fourth-order valence-corrected chi connectivity index (χ4v) is 9.45. The smallest absolute Gasteiger partial charge is 0.164 e. The topological polar surface area (TPSA) is 51.8 Å². The summed E-state index contributed by atoms with van der Waals surface area (Å²) in [6.07, 6.45) is 0. The molecule has 0 fully saturated rings. The lowest BCUT2D eigenvalue weighted by Gasteiger charge is -2.25. The summed E-state index contributed by atoms with van der Waals surface area (Å²) in [5.41, 5.74) is 25.7. The van der Waals surface area contributed by atoms with Crippen molar-refractivity contribution in [3.05, 3.63) is 109 Å². The molecule has 0 spiro atoms. The van der Waals surface area contributed by atoms with Crippen LogP contribution in [0.2, 0.25) is 0 Å². The SMILES string of the molecule is Bc1c(B)c(B)c(-c2c(B)c(B)c3oc4c(B)c(B)c(-c5nc(-c6ccc(-c7ccccc7)cc6)nc(-c6cccc(-c7ccccc7)c6)n5)c(B)c4c3c2B)c(B)c1B. The van der Waals surface area contributed by atoms with Gasteiger partial charge in [0.15, 0.2) is 17.5 Å². The number of rotatable bonds is 6. The first-order valence-corrected chi connectivity index (χ1v) is 21.0. The molecule has 0 atom stereocenters. The minimum Gasteiger partial charge on any atom is -0.457 e. The first kappa shape index (κ1) is 39.5. The van der Waals surface area contributed by atoms with Crippen LogP contribution < -0.4 is 60.1 Å². The average Bonchev–Trinajstić information content (AvgIpc) is 3.70. The molecular formula is C45H40B11N3O. The van der Waals surface area contributed by atoms with Crippen molar-refractivity contribution < 1.29 is 4.42 Å². The maximum atomic E-state index is 6.98. The highest BCUT2D eigenvalue weighted by Crippen LogP contribution is 2.31. The molecule has 2 aromatic heterocycles. The highest BCUT2D eigenvalue weighted by Gasteiger charge is 2.27. The third-order valence-electron chi connectivity index (χ3n) is 13.6. The van der Waals surface area contributed by atoms with Crippen molar-refractivity contribution in [1.29, 1.82) is 0 Å². The first-order valence-electron chi connectivity index (χ1n) is 21.0. The molecule has 9 aromatic rings. The third kappa shape index (κ3) is 6.36. The van der Waals surface area contributed by atoms with Gasteiger partial charge in [0.2, 0.25) is 0 Å². The summed E-state index contributed by atoms with van der Waals surface area (Å²) < 4.78 is 6.98. The van der Waals surface area contributed by atoms with Gasteiger partial charge < -0.3 is 4.42 Å². The molecule has 0 unspecified atom stereocenters. The van der Waals surface area contributed by atoms with E-state index in [0.29, 0.717) is 17.5 Å². The zero-order valence-electron chi connectivity index (χ0n) is 36.6. The molecule has 0 aliphatic heterocycles. The molecule has 2 heterocycles. The number of fused-ring (bicyclic) bond motifs is 3. The maximum absolute atomic E-state index is 6.98. The second kappa shape index (κ2) is 15.3. The van der Waals surface area contributed by atoms with Crippen LogP contribution in [0.1, 0.15) is 0 Å².